The molecule has 7 rings (SSSR count). The van der Waals surface area contributed by atoms with Gasteiger partial charge < -0.3 is 15.2 Å². The van der Waals surface area contributed by atoms with Crippen LogP contribution in [0.1, 0.15) is 75.7 Å². The Morgan fingerprint density at radius 2 is 1.79 bits per heavy atom. The van der Waals surface area contributed by atoms with Gasteiger partial charge in [0.25, 0.3) is 0 Å². The van der Waals surface area contributed by atoms with E-state index in [0.717, 1.165) is 37.7 Å². The molecule has 1 aliphatic heterocycles. The van der Waals surface area contributed by atoms with Crippen LogP contribution in [0.15, 0.2) is 47.9 Å². The summed E-state index contributed by atoms with van der Waals surface area (Å²) in [6.07, 6.45) is 8.44. The van der Waals surface area contributed by atoms with Crippen LogP contribution >= 0.6 is 0 Å². The Morgan fingerprint density at radius 1 is 1.13 bits per heavy atom. The summed E-state index contributed by atoms with van der Waals surface area (Å²) in [5.41, 5.74) is 4.12. The number of carbonyl (C=O) groups is 1. The van der Waals surface area contributed by atoms with E-state index in [9.17, 15) is 9.59 Å². The lowest BCUT2D eigenvalue weighted by molar-refractivity contribution is -0.134. The van der Waals surface area contributed by atoms with Crippen LogP contribution in [-0.4, -0.2) is 61.4 Å². The molecule has 1 amide bonds. The largest absolute Gasteiger partial charge is 0.348 e. The smallest absolute Gasteiger partial charge is 0.327 e. The van der Waals surface area contributed by atoms with E-state index in [1.807, 2.05) is 18.7 Å². The molecule has 4 aliphatic rings. The summed E-state index contributed by atoms with van der Waals surface area (Å²) in [5, 5.41) is 3.41. The highest BCUT2D eigenvalue weighted by molar-refractivity contribution is 5.87. The minimum absolute atomic E-state index is 0.000750. The summed E-state index contributed by atoms with van der Waals surface area (Å²) in [6, 6.07) is 9.34. The number of aromatic amines is 1. The number of benzene rings is 1. The molecule has 2 aromatic heterocycles. The van der Waals surface area contributed by atoms with Gasteiger partial charge >= 0.3 is 5.69 Å². The van der Waals surface area contributed by atoms with Gasteiger partial charge in [0.2, 0.25) is 11.9 Å². The minimum atomic E-state index is -0.169. The first kappa shape index (κ1) is 25.8. The average molecular weight is 530 g/mol. The molecule has 0 spiro atoms. The molecule has 2 N–H and O–H groups in total. The quantitative estimate of drug-likeness (QED) is 0.398. The Kier molecular flexibility index (Phi) is 6.57. The molecule has 9 nitrogen and oxygen atoms in total. The Balaban J connectivity index is 1.17. The molecule has 1 unspecified atom stereocenters. The number of hydrogen-bond donors (Lipinski definition) is 2. The minimum Gasteiger partial charge on any atom is -0.348 e. The number of nitrogens with one attached hydrogen (secondary N) is 2. The van der Waals surface area contributed by atoms with Gasteiger partial charge in [-0.2, -0.15) is 4.98 Å². The topological polar surface area (TPSA) is 99.2 Å². The highest BCUT2D eigenvalue weighted by atomic mass is 16.2. The molecule has 3 heterocycles. The van der Waals surface area contributed by atoms with E-state index in [4.69, 9.17) is 0 Å². The summed E-state index contributed by atoms with van der Waals surface area (Å²) in [5.74, 6) is 1.49. The van der Waals surface area contributed by atoms with Crippen molar-refractivity contribution in [2.45, 2.75) is 64.6 Å². The number of imidazole rings is 1. The highest BCUT2D eigenvalue weighted by Gasteiger charge is 2.57. The van der Waals surface area contributed by atoms with Crippen molar-refractivity contribution < 1.29 is 4.79 Å². The normalized spacial score (nSPS) is 24.2. The Bertz CT molecular complexity index is 1410. The van der Waals surface area contributed by atoms with Gasteiger partial charge in [0.05, 0.1) is 12.2 Å². The summed E-state index contributed by atoms with van der Waals surface area (Å²) >= 11 is 0. The standard InChI is InChI=1S/C30H39N7O2/c1-5-26(38)36-12-10-35(11-13-36)25(17-30-14-21(15-30)16-30)23-8-6-22(7-9-23)20(4)32-28-31-18-24-27(34-28)37(19(2)3)29(39)33-24/h5-9,18-21,25H,1,10-17H2,2-4H3,(H,33,39)(H,31,32,34)/t20-,21?,25?,30?/m0/s1. The molecule has 39 heavy (non-hydrogen) atoms. The summed E-state index contributed by atoms with van der Waals surface area (Å²) in [6.45, 7) is 13.0. The SMILES string of the molecule is C=CC(=O)N1CCN(C(CC23CC(C2)C3)c2ccc([C@H](C)Nc3ncc4[nH]c(=O)n(C(C)C)c4n3)cc2)CC1. The number of aromatic nitrogens is 4. The van der Waals surface area contributed by atoms with Gasteiger partial charge in [-0.15, -0.1) is 0 Å². The van der Waals surface area contributed by atoms with Crippen molar-refractivity contribution in [1.29, 1.82) is 0 Å². The second-order valence-electron chi connectivity index (χ2n) is 12.1. The first-order chi connectivity index (χ1) is 18.7. The van der Waals surface area contributed by atoms with Crippen LogP contribution in [0.3, 0.4) is 0 Å². The number of fused-ring (bicyclic) bond motifs is 1. The van der Waals surface area contributed by atoms with Crippen LogP contribution < -0.4 is 11.0 Å². The van der Waals surface area contributed by atoms with E-state index in [-0.39, 0.29) is 23.7 Å². The predicted octanol–water partition coefficient (Wildman–Crippen LogP) is 4.44. The molecular weight excluding hydrogens is 490 g/mol. The van der Waals surface area contributed by atoms with E-state index in [1.165, 1.54) is 37.3 Å². The summed E-state index contributed by atoms with van der Waals surface area (Å²) in [4.78, 5) is 40.8. The lowest BCUT2D eigenvalue weighted by Gasteiger charge is -2.64. The second-order valence-corrected chi connectivity index (χ2v) is 12.1. The number of hydrogen-bond acceptors (Lipinski definition) is 6. The highest BCUT2D eigenvalue weighted by Crippen LogP contribution is 2.68. The van der Waals surface area contributed by atoms with Gasteiger partial charge in [-0.25, -0.2) is 9.78 Å². The van der Waals surface area contributed by atoms with E-state index >= 15 is 0 Å². The number of carbonyl (C=O) groups excluding carboxylic acids is 1. The molecule has 3 aromatic rings. The molecule has 206 valence electrons. The molecule has 1 aromatic carbocycles. The second kappa shape index (κ2) is 9.93. The molecule has 1 saturated heterocycles. The number of nitrogens with zero attached hydrogens (tertiary/aromatic N) is 5. The van der Waals surface area contributed by atoms with Crippen molar-refractivity contribution in [3.05, 3.63) is 64.7 Å². The number of anilines is 1. The summed E-state index contributed by atoms with van der Waals surface area (Å²) < 4.78 is 1.65. The monoisotopic (exact) mass is 529 g/mol. The third-order valence-corrected chi connectivity index (χ3v) is 9.17. The first-order valence-corrected chi connectivity index (χ1v) is 14.2. The molecular formula is C30H39N7O2. The van der Waals surface area contributed by atoms with Crippen LogP contribution in [-0.2, 0) is 4.79 Å². The van der Waals surface area contributed by atoms with Gasteiger partial charge in [0, 0.05) is 38.3 Å². The van der Waals surface area contributed by atoms with Gasteiger partial charge in [-0.05, 0) is 75.0 Å². The Hall–Kier alpha value is -3.46. The number of piperazine rings is 1. The molecule has 9 heteroatoms. The van der Waals surface area contributed by atoms with E-state index < -0.39 is 0 Å². The van der Waals surface area contributed by atoms with Crippen molar-refractivity contribution in [3.8, 4) is 0 Å². The van der Waals surface area contributed by atoms with Gasteiger partial charge in [0.1, 0.15) is 5.52 Å². The predicted molar refractivity (Wildman–Crippen MR) is 152 cm³/mol. The fourth-order valence-corrected chi connectivity index (χ4v) is 6.91. The maximum atomic E-state index is 12.3. The number of H-pyrrole nitrogens is 1. The van der Waals surface area contributed by atoms with E-state index in [0.29, 0.717) is 28.6 Å². The molecule has 4 fully saturated rings. The van der Waals surface area contributed by atoms with Crippen LogP contribution in [0.2, 0.25) is 0 Å². The first-order valence-electron chi connectivity index (χ1n) is 14.2. The lowest BCUT2D eigenvalue weighted by Crippen LogP contribution is -2.55. The van der Waals surface area contributed by atoms with Crippen LogP contribution in [0.5, 0.6) is 0 Å². The van der Waals surface area contributed by atoms with Crippen molar-refractivity contribution in [2.24, 2.45) is 11.3 Å². The van der Waals surface area contributed by atoms with Crippen molar-refractivity contribution >= 4 is 23.0 Å². The van der Waals surface area contributed by atoms with Crippen LogP contribution in [0, 0.1) is 11.3 Å². The summed E-state index contributed by atoms with van der Waals surface area (Å²) in [7, 11) is 0. The molecule has 3 saturated carbocycles. The van der Waals surface area contributed by atoms with Gasteiger partial charge in [0.15, 0.2) is 5.65 Å². The lowest BCUT2D eigenvalue weighted by atomic mass is 9.42. The maximum Gasteiger partial charge on any atom is 0.327 e. The molecule has 2 atom stereocenters. The fraction of sp³-hybridized carbons (Fsp3) is 0.533. The van der Waals surface area contributed by atoms with Crippen molar-refractivity contribution in [2.75, 3.05) is 31.5 Å². The van der Waals surface area contributed by atoms with E-state index in [1.54, 1.807) is 10.8 Å². The molecule has 3 aliphatic carbocycles. The molecule has 0 radical (unpaired) electrons. The van der Waals surface area contributed by atoms with E-state index in [2.05, 4.69) is 62.9 Å². The Morgan fingerprint density at radius 3 is 2.38 bits per heavy atom. The van der Waals surface area contributed by atoms with Crippen LogP contribution in [0.4, 0.5) is 5.95 Å². The maximum absolute atomic E-state index is 12.3. The zero-order valence-corrected chi connectivity index (χ0v) is 23.2. The zero-order chi connectivity index (χ0) is 27.3. The van der Waals surface area contributed by atoms with Crippen molar-refractivity contribution in [1.82, 2.24) is 29.3 Å². The Labute approximate surface area is 229 Å². The average Bonchev–Trinajstić information content (AvgIpc) is 3.22. The molecule has 2 bridgehead atoms. The number of amides is 1. The van der Waals surface area contributed by atoms with Crippen molar-refractivity contribution in [3.63, 3.8) is 0 Å². The van der Waals surface area contributed by atoms with Crippen LogP contribution in [0.25, 0.3) is 11.2 Å². The third kappa shape index (κ3) is 4.77. The fourth-order valence-electron chi connectivity index (χ4n) is 6.91. The van der Waals surface area contributed by atoms with Gasteiger partial charge in [-0.1, -0.05) is 30.8 Å². The number of rotatable bonds is 9. The third-order valence-electron chi connectivity index (χ3n) is 9.17. The van der Waals surface area contributed by atoms with Gasteiger partial charge in [-0.3, -0.25) is 14.3 Å². The zero-order valence-electron chi connectivity index (χ0n) is 23.2.